The van der Waals surface area contributed by atoms with Crippen molar-refractivity contribution in [2.45, 2.75) is 26.9 Å². The molecule has 0 saturated carbocycles. The summed E-state index contributed by atoms with van der Waals surface area (Å²) in [6.07, 6.45) is 0.462. The highest BCUT2D eigenvalue weighted by molar-refractivity contribution is 5.76. The molecule has 1 unspecified atom stereocenters. The lowest BCUT2D eigenvalue weighted by Crippen LogP contribution is -2.13. The average Bonchev–Trinajstić information content (AvgIpc) is 2.65. The lowest BCUT2D eigenvalue weighted by atomic mass is 9.96. The third-order valence-electron chi connectivity index (χ3n) is 4.85. The smallest absolute Gasteiger partial charge is 0.223 e. The summed E-state index contributed by atoms with van der Waals surface area (Å²) < 4.78 is 7.17. The predicted octanol–water partition coefficient (Wildman–Crippen LogP) is 3.89. The molecule has 1 aromatic heterocycles. The van der Waals surface area contributed by atoms with Gasteiger partial charge in [0.2, 0.25) is 5.43 Å². The van der Waals surface area contributed by atoms with Gasteiger partial charge in [-0.05, 0) is 55.7 Å². The Morgan fingerprint density at radius 3 is 2.48 bits per heavy atom. The molecule has 0 spiro atoms. The van der Waals surface area contributed by atoms with E-state index in [0.29, 0.717) is 11.4 Å². The standard InChI is InChI=1S/C22H23NO4/c1-13-6-5-7-17(14(13)2)18-10-16(8-9-22(18)27-4)23-12-21(26)20(25)11-19(23)15(3)24/h5-12,15,24,26H,1-4H3. The van der Waals surface area contributed by atoms with Crippen LogP contribution in [0.1, 0.15) is 29.8 Å². The van der Waals surface area contributed by atoms with Crippen LogP contribution >= 0.6 is 0 Å². The average molecular weight is 365 g/mol. The second kappa shape index (κ2) is 7.29. The lowest BCUT2D eigenvalue weighted by Gasteiger charge is -2.19. The Kier molecular flexibility index (Phi) is 5.06. The highest BCUT2D eigenvalue weighted by atomic mass is 16.5. The van der Waals surface area contributed by atoms with Gasteiger partial charge < -0.3 is 19.5 Å². The van der Waals surface area contributed by atoms with Crippen LogP contribution in [0.5, 0.6) is 11.5 Å². The molecule has 5 heteroatoms. The Balaban J connectivity index is 2.28. The van der Waals surface area contributed by atoms with E-state index in [1.165, 1.54) is 17.8 Å². The molecule has 140 valence electrons. The Morgan fingerprint density at radius 1 is 1.07 bits per heavy atom. The van der Waals surface area contributed by atoms with E-state index in [-0.39, 0.29) is 5.75 Å². The van der Waals surface area contributed by atoms with Crippen molar-refractivity contribution in [2.24, 2.45) is 0 Å². The van der Waals surface area contributed by atoms with Gasteiger partial charge in [0.25, 0.3) is 0 Å². The summed E-state index contributed by atoms with van der Waals surface area (Å²) in [6, 6.07) is 12.9. The number of methoxy groups -OCH3 is 1. The van der Waals surface area contributed by atoms with Crippen molar-refractivity contribution in [1.82, 2.24) is 4.57 Å². The van der Waals surface area contributed by atoms with Crippen LogP contribution in [-0.2, 0) is 0 Å². The molecule has 5 nitrogen and oxygen atoms in total. The molecule has 0 fully saturated rings. The van der Waals surface area contributed by atoms with E-state index in [0.717, 1.165) is 22.4 Å². The maximum absolute atomic E-state index is 11.8. The van der Waals surface area contributed by atoms with E-state index >= 15 is 0 Å². The number of hydrogen-bond acceptors (Lipinski definition) is 4. The maximum atomic E-state index is 11.8. The second-order valence-electron chi connectivity index (χ2n) is 6.63. The van der Waals surface area contributed by atoms with Crippen LogP contribution in [-0.4, -0.2) is 21.9 Å². The van der Waals surface area contributed by atoms with Gasteiger partial charge in [0.1, 0.15) is 5.75 Å². The zero-order valence-corrected chi connectivity index (χ0v) is 15.9. The van der Waals surface area contributed by atoms with Crippen LogP contribution in [0.4, 0.5) is 0 Å². The lowest BCUT2D eigenvalue weighted by molar-refractivity contribution is 0.191. The van der Waals surface area contributed by atoms with Crippen molar-refractivity contribution in [3.63, 3.8) is 0 Å². The summed E-state index contributed by atoms with van der Waals surface area (Å²) in [5.74, 6) is 0.347. The summed E-state index contributed by atoms with van der Waals surface area (Å²) in [5.41, 5.74) is 4.83. The number of aliphatic hydroxyl groups is 1. The predicted molar refractivity (Wildman–Crippen MR) is 106 cm³/mol. The molecular formula is C22H23NO4. The number of pyridine rings is 1. The highest BCUT2D eigenvalue weighted by Gasteiger charge is 2.15. The van der Waals surface area contributed by atoms with Crippen LogP contribution in [0.15, 0.2) is 53.5 Å². The fourth-order valence-electron chi connectivity index (χ4n) is 3.18. The fraction of sp³-hybridized carbons (Fsp3) is 0.227. The molecule has 3 rings (SSSR count). The molecule has 0 radical (unpaired) electrons. The van der Waals surface area contributed by atoms with Gasteiger partial charge in [-0.1, -0.05) is 18.2 Å². The molecule has 1 atom stereocenters. The Morgan fingerprint density at radius 2 is 1.81 bits per heavy atom. The number of hydrogen-bond donors (Lipinski definition) is 2. The van der Waals surface area contributed by atoms with Crippen molar-refractivity contribution in [3.8, 4) is 28.3 Å². The summed E-state index contributed by atoms with van der Waals surface area (Å²) in [4.78, 5) is 11.8. The van der Waals surface area contributed by atoms with E-state index in [1.807, 2.05) is 30.3 Å². The van der Waals surface area contributed by atoms with E-state index in [9.17, 15) is 15.0 Å². The molecule has 0 amide bonds. The van der Waals surface area contributed by atoms with Gasteiger partial charge >= 0.3 is 0 Å². The fourth-order valence-corrected chi connectivity index (χ4v) is 3.18. The molecule has 2 N–H and O–H groups in total. The normalized spacial score (nSPS) is 12.0. The van der Waals surface area contributed by atoms with Crippen molar-refractivity contribution < 1.29 is 14.9 Å². The van der Waals surface area contributed by atoms with Gasteiger partial charge in [-0.25, -0.2) is 0 Å². The first-order valence-corrected chi connectivity index (χ1v) is 8.72. The van der Waals surface area contributed by atoms with Crippen LogP contribution in [0.25, 0.3) is 16.8 Å². The third-order valence-corrected chi connectivity index (χ3v) is 4.85. The van der Waals surface area contributed by atoms with Crippen molar-refractivity contribution >= 4 is 0 Å². The first-order valence-electron chi connectivity index (χ1n) is 8.72. The van der Waals surface area contributed by atoms with Crippen LogP contribution in [0.2, 0.25) is 0 Å². The maximum Gasteiger partial charge on any atom is 0.223 e. The molecule has 27 heavy (non-hydrogen) atoms. The van der Waals surface area contributed by atoms with Crippen molar-refractivity contribution in [2.75, 3.05) is 7.11 Å². The van der Waals surface area contributed by atoms with E-state index in [4.69, 9.17) is 4.74 Å². The number of aromatic hydroxyl groups is 1. The summed E-state index contributed by atoms with van der Waals surface area (Å²) in [7, 11) is 1.62. The first-order chi connectivity index (χ1) is 12.8. The Bertz CT molecular complexity index is 1050. The van der Waals surface area contributed by atoms with Gasteiger partial charge in [0, 0.05) is 17.3 Å². The largest absolute Gasteiger partial charge is 0.503 e. The molecule has 0 saturated heterocycles. The van der Waals surface area contributed by atoms with Gasteiger partial charge in [-0.3, -0.25) is 4.79 Å². The third kappa shape index (κ3) is 3.46. The minimum atomic E-state index is -0.871. The van der Waals surface area contributed by atoms with Gasteiger partial charge in [0.05, 0.1) is 25.1 Å². The number of rotatable bonds is 4. The minimum Gasteiger partial charge on any atom is -0.503 e. The monoisotopic (exact) mass is 365 g/mol. The molecule has 0 aliphatic carbocycles. The molecule has 1 heterocycles. The summed E-state index contributed by atoms with van der Waals surface area (Å²) in [5, 5.41) is 20.0. The minimum absolute atomic E-state index is 0.372. The van der Waals surface area contributed by atoms with Crippen LogP contribution in [0, 0.1) is 13.8 Å². The molecule has 0 bridgehead atoms. The molecular weight excluding hydrogens is 342 g/mol. The number of ether oxygens (including phenoxy) is 1. The van der Waals surface area contributed by atoms with Gasteiger partial charge in [0.15, 0.2) is 5.75 Å². The zero-order chi connectivity index (χ0) is 19.7. The number of nitrogens with zero attached hydrogens (tertiary/aromatic N) is 1. The van der Waals surface area contributed by atoms with E-state index in [1.54, 1.807) is 18.6 Å². The molecule has 0 aliphatic rings. The first kappa shape index (κ1) is 18.7. The van der Waals surface area contributed by atoms with E-state index < -0.39 is 11.5 Å². The highest BCUT2D eigenvalue weighted by Crippen LogP contribution is 2.35. The zero-order valence-electron chi connectivity index (χ0n) is 15.9. The van der Waals surface area contributed by atoms with Crippen molar-refractivity contribution in [3.05, 3.63) is 75.7 Å². The van der Waals surface area contributed by atoms with Crippen LogP contribution in [0.3, 0.4) is 0 Å². The Labute approximate surface area is 158 Å². The van der Waals surface area contributed by atoms with Crippen LogP contribution < -0.4 is 10.2 Å². The molecule has 0 aliphatic heterocycles. The molecule has 2 aromatic carbocycles. The van der Waals surface area contributed by atoms with E-state index in [2.05, 4.69) is 19.9 Å². The topological polar surface area (TPSA) is 71.7 Å². The van der Waals surface area contributed by atoms with Gasteiger partial charge in [-0.2, -0.15) is 0 Å². The number of aliphatic hydroxyl groups excluding tert-OH is 1. The van der Waals surface area contributed by atoms with Crippen molar-refractivity contribution in [1.29, 1.82) is 0 Å². The number of aryl methyl sites for hydroxylation is 1. The Hall–Kier alpha value is -3.05. The van der Waals surface area contributed by atoms with Gasteiger partial charge in [-0.15, -0.1) is 0 Å². The quantitative estimate of drug-likeness (QED) is 0.736. The summed E-state index contributed by atoms with van der Waals surface area (Å²) >= 11 is 0. The number of aromatic nitrogens is 1. The second-order valence-corrected chi connectivity index (χ2v) is 6.63. The number of benzene rings is 2. The SMILES string of the molecule is COc1ccc(-n2cc(O)c(=O)cc2C(C)O)cc1-c1cccc(C)c1C. The summed E-state index contributed by atoms with van der Waals surface area (Å²) in [6.45, 7) is 5.70. The molecule has 3 aromatic rings.